The number of nitrogens with one attached hydrogen (secondary N) is 1. The van der Waals surface area contributed by atoms with Crippen molar-refractivity contribution in [3.05, 3.63) is 23.3 Å². The molecule has 2 saturated heterocycles. The molecule has 2 amide bonds. The predicted molar refractivity (Wildman–Crippen MR) is 226 cm³/mol. The second kappa shape index (κ2) is 22.9. The van der Waals surface area contributed by atoms with E-state index in [2.05, 4.69) is 23.5 Å². The summed E-state index contributed by atoms with van der Waals surface area (Å²) in [5.74, 6) is -7.37. The van der Waals surface area contributed by atoms with Crippen molar-refractivity contribution in [3.63, 3.8) is 0 Å². The third kappa shape index (κ3) is 12.5. The van der Waals surface area contributed by atoms with Gasteiger partial charge in [-0.1, -0.05) is 45.4 Å². The van der Waals surface area contributed by atoms with Gasteiger partial charge in [0.1, 0.15) is 18.2 Å². The Morgan fingerprint density at radius 2 is 1.62 bits per heavy atom. The number of allylic oxidation sites excluding steroid dienone is 3. The van der Waals surface area contributed by atoms with Crippen LogP contribution in [0.3, 0.4) is 0 Å². The largest absolute Gasteiger partial charge is 0.456 e. The molecule has 4 aliphatic rings. The van der Waals surface area contributed by atoms with Gasteiger partial charge in [0.05, 0.1) is 37.6 Å². The van der Waals surface area contributed by atoms with Crippen molar-refractivity contribution in [1.29, 1.82) is 0 Å². The first kappa shape index (κ1) is 50.4. The first-order chi connectivity index (χ1) is 28.9. The lowest BCUT2D eigenvalue weighted by Gasteiger charge is -2.47. The molecule has 3 fully saturated rings. The molecule has 14 atom stereocenters. The van der Waals surface area contributed by atoms with E-state index in [0.717, 1.165) is 5.57 Å². The fraction of sp³-hybridized carbons (Fsp3) is 0.800. The number of hydrazone groups is 1. The fourth-order valence-corrected chi connectivity index (χ4v) is 9.70. The first-order valence-electron chi connectivity index (χ1n) is 22.1. The number of fused-ring (bicyclic) bond motifs is 3. The van der Waals surface area contributed by atoms with Gasteiger partial charge >= 0.3 is 12.1 Å². The molecular formula is C45H73N3O13. The number of aliphatic hydroxyl groups excluding tert-OH is 2. The Hall–Kier alpha value is -3.25. The van der Waals surface area contributed by atoms with E-state index in [1.54, 1.807) is 21.0 Å². The van der Waals surface area contributed by atoms with Crippen LogP contribution in [0.5, 0.6) is 0 Å². The maximum atomic E-state index is 14.5. The van der Waals surface area contributed by atoms with Gasteiger partial charge in [-0.05, 0) is 95.5 Å². The zero-order valence-corrected chi connectivity index (χ0v) is 38.0. The monoisotopic (exact) mass is 864 g/mol. The van der Waals surface area contributed by atoms with Gasteiger partial charge in [-0.2, -0.15) is 5.10 Å². The van der Waals surface area contributed by atoms with E-state index in [4.69, 9.17) is 28.4 Å². The van der Waals surface area contributed by atoms with Crippen LogP contribution >= 0.6 is 0 Å². The maximum absolute atomic E-state index is 14.5. The Labute approximate surface area is 361 Å². The van der Waals surface area contributed by atoms with Gasteiger partial charge in [-0.15, -0.1) is 0 Å². The second-order valence-corrected chi connectivity index (χ2v) is 17.9. The summed E-state index contributed by atoms with van der Waals surface area (Å²) < 4.78 is 34.8. The molecule has 0 spiro atoms. The van der Waals surface area contributed by atoms with Crippen molar-refractivity contribution in [1.82, 2.24) is 10.3 Å². The molecule has 1 saturated carbocycles. The number of piperidine rings is 1. The number of hydrogen-bond donors (Lipinski definition) is 4. The van der Waals surface area contributed by atoms with E-state index in [9.17, 15) is 34.5 Å². The minimum Gasteiger partial charge on any atom is -0.456 e. The molecule has 1 aliphatic carbocycles. The van der Waals surface area contributed by atoms with E-state index in [1.165, 1.54) is 26.2 Å². The topological polar surface area (TPSA) is 212 Å². The Bertz CT molecular complexity index is 1600. The van der Waals surface area contributed by atoms with E-state index >= 15 is 0 Å². The van der Waals surface area contributed by atoms with Crippen LogP contribution in [0.25, 0.3) is 0 Å². The highest BCUT2D eigenvalue weighted by atomic mass is 16.7. The number of ketones is 1. The van der Waals surface area contributed by atoms with Gasteiger partial charge in [0.15, 0.2) is 0 Å². The normalized spacial score (nSPS) is 39.6. The summed E-state index contributed by atoms with van der Waals surface area (Å²) in [5.41, 5.74) is 4.60. The van der Waals surface area contributed by atoms with Crippen molar-refractivity contribution >= 4 is 29.5 Å². The Balaban J connectivity index is 1.84. The highest BCUT2D eigenvalue weighted by molar-refractivity contribution is 6.39. The standard InChI is InChI=1S/C45H73N3O13/c1-11-31-19-25(2)18-26(3)20-37(57-8)40-38(58-9)22-28(5)45(55,61-40)41(51)42(52)48-17-13-12-14-33(48)43(53)60-39(27(4)21-30-15-16-34(49)36(23-30)56-7)29(6)35(50)24-32(31)46-47-44(54)59-10/h19,21,26,28-31,33-40,49-50,55H,11-18,20,22-24H2,1-10H3,(H,47,54)/b25-19+,27-21+,46-32-/t26-,28+,29+,30?,31+,33-,34+,35-,36+,37?,38-,39+,40+,45+/m0/s1. The average Bonchev–Trinajstić information content (AvgIpc) is 3.25. The number of amides is 2. The lowest BCUT2D eigenvalue weighted by atomic mass is 9.81. The molecule has 0 aromatic carbocycles. The van der Waals surface area contributed by atoms with Crippen LogP contribution in [-0.2, 0) is 42.8 Å². The van der Waals surface area contributed by atoms with E-state index in [-0.39, 0.29) is 49.7 Å². The van der Waals surface area contributed by atoms with Crippen LogP contribution in [0.1, 0.15) is 112 Å². The average molecular weight is 864 g/mol. The van der Waals surface area contributed by atoms with E-state index in [0.29, 0.717) is 62.7 Å². The molecule has 16 heteroatoms. The SMILES string of the molecule is CC[C@@H]1/C=C(\C)C[C@H](C)CC(OC)[C@H]2O[C@@](O)(C(=O)C(=O)N3CCCC[C@H]3C(=O)O[C@H](/C(C)=C/C3CC[C@@H](O)[C@H](OC)C3)[C@H](C)[C@@H](O)C/C1=N/NC(=O)OC)[C@H](C)C[C@@H]2OC. The third-order valence-electron chi connectivity index (χ3n) is 13.4. The Kier molecular flexibility index (Phi) is 18.9. The van der Waals surface area contributed by atoms with Gasteiger partial charge in [0.2, 0.25) is 5.79 Å². The van der Waals surface area contributed by atoms with Crippen LogP contribution in [0.2, 0.25) is 0 Å². The molecule has 4 N–H and O–H groups in total. The summed E-state index contributed by atoms with van der Waals surface area (Å²) >= 11 is 0. The summed E-state index contributed by atoms with van der Waals surface area (Å²) in [6, 6.07) is -1.15. The zero-order valence-electron chi connectivity index (χ0n) is 38.0. The van der Waals surface area contributed by atoms with Crippen LogP contribution in [-0.4, -0.2) is 139 Å². The van der Waals surface area contributed by atoms with Crippen LogP contribution in [0, 0.1) is 29.6 Å². The molecule has 2 unspecified atom stereocenters. The number of carbonyl (C=O) groups excluding carboxylic acids is 4. The molecule has 0 aromatic rings. The quantitative estimate of drug-likeness (QED) is 0.119. The summed E-state index contributed by atoms with van der Waals surface area (Å²) in [6.45, 7) is 11.3. The predicted octanol–water partition coefficient (Wildman–Crippen LogP) is 4.62. The number of carbonyl (C=O) groups is 4. The number of hydrogen-bond acceptors (Lipinski definition) is 14. The minimum absolute atomic E-state index is 0.00812. The van der Waals surface area contributed by atoms with Crippen LogP contribution in [0.15, 0.2) is 28.4 Å². The highest BCUT2D eigenvalue weighted by Crippen LogP contribution is 2.39. The minimum atomic E-state index is -2.52. The summed E-state index contributed by atoms with van der Waals surface area (Å²) in [7, 11) is 5.86. The number of Topliss-reactive ketones (excluding diaryl/α,β-unsaturated/α-hetero) is 1. The van der Waals surface area contributed by atoms with Crippen LogP contribution < -0.4 is 5.43 Å². The van der Waals surface area contributed by atoms with E-state index in [1.807, 2.05) is 26.8 Å². The van der Waals surface area contributed by atoms with Crippen LogP contribution in [0.4, 0.5) is 4.79 Å². The molecule has 2 bridgehead atoms. The molecule has 4 rings (SSSR count). The zero-order chi connectivity index (χ0) is 45.2. The number of cyclic esters (lactones) is 1. The Morgan fingerprint density at radius 3 is 2.26 bits per heavy atom. The van der Waals surface area contributed by atoms with Crippen molar-refractivity contribution < 1.29 is 62.9 Å². The summed E-state index contributed by atoms with van der Waals surface area (Å²) in [6.07, 6.45) is 3.03. The molecule has 346 valence electrons. The maximum Gasteiger partial charge on any atom is 0.427 e. The summed E-state index contributed by atoms with van der Waals surface area (Å²) in [4.78, 5) is 56.6. The third-order valence-corrected chi connectivity index (χ3v) is 13.4. The number of esters is 1. The fourth-order valence-electron chi connectivity index (χ4n) is 9.70. The molecule has 3 heterocycles. The van der Waals surface area contributed by atoms with Gasteiger partial charge in [0.25, 0.3) is 11.7 Å². The van der Waals surface area contributed by atoms with Crippen molar-refractivity contribution in [3.8, 4) is 0 Å². The number of rotatable bonds is 7. The van der Waals surface area contributed by atoms with E-state index < -0.39 is 84.0 Å². The molecule has 0 radical (unpaired) electrons. The Morgan fingerprint density at radius 1 is 0.951 bits per heavy atom. The first-order valence-corrected chi connectivity index (χ1v) is 22.1. The molecule has 0 aromatic heterocycles. The number of nitrogens with zero attached hydrogens (tertiary/aromatic N) is 2. The number of methoxy groups -OCH3 is 4. The molecule has 3 aliphatic heterocycles. The van der Waals surface area contributed by atoms with Crippen molar-refractivity contribution in [2.75, 3.05) is 35.0 Å². The van der Waals surface area contributed by atoms with Gasteiger partial charge in [-0.3, -0.25) is 9.59 Å². The smallest absolute Gasteiger partial charge is 0.427 e. The summed E-state index contributed by atoms with van der Waals surface area (Å²) in [5, 5.41) is 39.1. The second-order valence-electron chi connectivity index (χ2n) is 17.9. The van der Waals surface area contributed by atoms with Crippen molar-refractivity contribution in [2.45, 2.75) is 167 Å². The molecule has 61 heavy (non-hydrogen) atoms. The molecule has 16 nitrogen and oxygen atoms in total. The van der Waals surface area contributed by atoms with Gasteiger partial charge in [0, 0.05) is 57.8 Å². The number of ether oxygens (including phenoxy) is 6. The lowest BCUT2D eigenvalue weighted by Crippen LogP contribution is -2.64. The lowest BCUT2D eigenvalue weighted by molar-refractivity contribution is -0.302. The van der Waals surface area contributed by atoms with Crippen molar-refractivity contribution in [2.24, 2.45) is 34.7 Å². The highest BCUT2D eigenvalue weighted by Gasteiger charge is 2.56. The number of aliphatic hydroxyl groups is 3. The van der Waals surface area contributed by atoms with Gasteiger partial charge < -0.3 is 48.6 Å². The van der Waals surface area contributed by atoms with Gasteiger partial charge in [-0.25, -0.2) is 15.0 Å². The molecular weight excluding hydrogens is 791 g/mol.